The Morgan fingerprint density at radius 2 is 1.95 bits per heavy atom. The number of hydrogen-bond acceptors (Lipinski definition) is 2. The van der Waals surface area contributed by atoms with Gasteiger partial charge < -0.3 is 15.0 Å². The zero-order chi connectivity index (χ0) is 13.8. The minimum atomic E-state index is -0.385. The van der Waals surface area contributed by atoms with E-state index in [0.717, 1.165) is 11.3 Å². The highest BCUT2D eigenvalue weighted by atomic mass is 16.3. The van der Waals surface area contributed by atoms with Gasteiger partial charge in [0.05, 0.1) is 12.6 Å². The predicted molar refractivity (Wildman–Crippen MR) is 73.9 cm³/mol. The van der Waals surface area contributed by atoms with Gasteiger partial charge in [-0.3, -0.25) is 4.79 Å². The summed E-state index contributed by atoms with van der Waals surface area (Å²) in [5.74, 6) is -0.182. The highest BCUT2D eigenvalue weighted by Gasteiger charge is 2.16. The molecule has 19 heavy (non-hydrogen) atoms. The minimum Gasteiger partial charge on any atom is -0.394 e. The number of aliphatic hydroxyl groups excluding tert-OH is 1. The molecule has 0 bridgehead atoms. The molecule has 1 aromatic heterocycles. The number of hydrogen-bond donors (Lipinski definition) is 2. The minimum absolute atomic E-state index is 0.126. The molecule has 0 aliphatic rings. The van der Waals surface area contributed by atoms with Gasteiger partial charge in [-0.25, -0.2) is 0 Å². The molecule has 2 rings (SSSR count). The summed E-state index contributed by atoms with van der Waals surface area (Å²) in [5.41, 5.74) is 2.50. The van der Waals surface area contributed by atoms with Crippen molar-refractivity contribution in [3.63, 3.8) is 0 Å². The Hall–Kier alpha value is -2.07. The molecule has 2 aromatic rings. The Bertz CT molecular complexity index is 561. The van der Waals surface area contributed by atoms with E-state index in [2.05, 4.69) is 5.32 Å². The zero-order valence-corrected chi connectivity index (χ0v) is 11.1. The predicted octanol–water partition coefficient (Wildman–Crippen LogP) is 1.80. The Balaban J connectivity index is 2.15. The first kappa shape index (κ1) is 13.4. The number of aromatic nitrogens is 1. The fraction of sp³-hybridized carbons (Fsp3) is 0.267. The average molecular weight is 258 g/mol. The lowest BCUT2D eigenvalue weighted by atomic mass is 10.1. The molecule has 1 atom stereocenters. The van der Waals surface area contributed by atoms with Crippen LogP contribution in [0.1, 0.15) is 27.8 Å². The Morgan fingerprint density at radius 1 is 1.26 bits per heavy atom. The van der Waals surface area contributed by atoms with E-state index in [1.54, 1.807) is 6.07 Å². The summed E-state index contributed by atoms with van der Waals surface area (Å²) < 4.78 is 1.83. The topological polar surface area (TPSA) is 54.3 Å². The summed E-state index contributed by atoms with van der Waals surface area (Å²) in [5, 5.41) is 12.3. The standard InChI is InChI=1S/C15H18N2O2/c1-11-8-9-14(17(11)2)15(19)16-13(10-18)12-6-4-3-5-7-12/h3-9,13,18H,10H2,1-2H3,(H,16,19)/t13-/m1/s1. The van der Waals surface area contributed by atoms with Gasteiger partial charge in [-0.15, -0.1) is 0 Å². The molecule has 0 radical (unpaired) electrons. The molecule has 0 aliphatic heterocycles. The first-order chi connectivity index (χ1) is 9.13. The average Bonchev–Trinajstić information content (AvgIpc) is 2.77. The van der Waals surface area contributed by atoms with Gasteiger partial charge in [-0.05, 0) is 24.6 Å². The molecule has 0 saturated carbocycles. The molecule has 4 nitrogen and oxygen atoms in total. The molecule has 4 heteroatoms. The van der Waals surface area contributed by atoms with E-state index in [1.807, 2.05) is 54.9 Å². The quantitative estimate of drug-likeness (QED) is 0.878. The lowest BCUT2D eigenvalue weighted by Gasteiger charge is -2.17. The number of rotatable bonds is 4. The van der Waals surface area contributed by atoms with Gasteiger partial charge in [0.15, 0.2) is 0 Å². The van der Waals surface area contributed by atoms with Crippen LogP contribution in [-0.2, 0) is 7.05 Å². The van der Waals surface area contributed by atoms with Crippen LogP contribution in [0.15, 0.2) is 42.5 Å². The molecule has 1 heterocycles. The van der Waals surface area contributed by atoms with Gasteiger partial charge in [0, 0.05) is 12.7 Å². The SMILES string of the molecule is Cc1ccc(C(=O)N[C@H](CO)c2ccccc2)n1C. The van der Waals surface area contributed by atoms with Crippen LogP contribution in [0.2, 0.25) is 0 Å². The van der Waals surface area contributed by atoms with Gasteiger partial charge in [-0.2, -0.15) is 0 Å². The molecule has 0 spiro atoms. The van der Waals surface area contributed by atoms with Crippen molar-refractivity contribution in [3.05, 3.63) is 59.4 Å². The maximum Gasteiger partial charge on any atom is 0.268 e. The second-order valence-electron chi connectivity index (χ2n) is 4.54. The third-order valence-corrected chi connectivity index (χ3v) is 3.30. The number of amides is 1. The highest BCUT2D eigenvalue weighted by molar-refractivity contribution is 5.93. The molecular weight excluding hydrogens is 240 g/mol. The molecule has 2 N–H and O–H groups in total. The summed E-state index contributed by atoms with van der Waals surface area (Å²) in [6.45, 7) is 1.82. The second kappa shape index (κ2) is 5.71. The summed E-state index contributed by atoms with van der Waals surface area (Å²) in [6.07, 6.45) is 0. The second-order valence-corrected chi connectivity index (χ2v) is 4.54. The Kier molecular flexibility index (Phi) is 4.02. The van der Waals surface area contributed by atoms with E-state index in [1.165, 1.54) is 0 Å². The van der Waals surface area contributed by atoms with E-state index >= 15 is 0 Å². The van der Waals surface area contributed by atoms with E-state index in [4.69, 9.17) is 0 Å². The first-order valence-corrected chi connectivity index (χ1v) is 6.22. The van der Waals surface area contributed by atoms with Gasteiger partial charge in [-0.1, -0.05) is 30.3 Å². The van der Waals surface area contributed by atoms with Crippen molar-refractivity contribution >= 4 is 5.91 Å². The zero-order valence-electron chi connectivity index (χ0n) is 11.1. The Labute approximate surface area is 112 Å². The molecule has 1 aromatic carbocycles. The highest BCUT2D eigenvalue weighted by Crippen LogP contribution is 2.13. The maximum absolute atomic E-state index is 12.2. The lowest BCUT2D eigenvalue weighted by molar-refractivity contribution is 0.0907. The molecule has 1 amide bonds. The van der Waals surface area contributed by atoms with Crippen LogP contribution in [0, 0.1) is 6.92 Å². The van der Waals surface area contributed by atoms with Crippen LogP contribution in [0.25, 0.3) is 0 Å². The smallest absolute Gasteiger partial charge is 0.268 e. The van der Waals surface area contributed by atoms with E-state index in [0.29, 0.717) is 5.69 Å². The van der Waals surface area contributed by atoms with Crippen LogP contribution < -0.4 is 5.32 Å². The molecule has 0 saturated heterocycles. The van der Waals surface area contributed by atoms with Crippen LogP contribution in [0.4, 0.5) is 0 Å². The maximum atomic E-state index is 12.2. The van der Waals surface area contributed by atoms with E-state index in [-0.39, 0.29) is 18.6 Å². The molecule has 0 fully saturated rings. The van der Waals surface area contributed by atoms with Crippen LogP contribution in [0.3, 0.4) is 0 Å². The molecule has 100 valence electrons. The van der Waals surface area contributed by atoms with E-state index < -0.39 is 0 Å². The molecule has 0 unspecified atom stereocenters. The lowest BCUT2D eigenvalue weighted by Crippen LogP contribution is -2.32. The monoisotopic (exact) mass is 258 g/mol. The number of aryl methyl sites for hydroxylation is 1. The van der Waals surface area contributed by atoms with Crippen LogP contribution >= 0.6 is 0 Å². The fourth-order valence-electron chi connectivity index (χ4n) is 1.99. The van der Waals surface area contributed by atoms with Crippen molar-refractivity contribution < 1.29 is 9.90 Å². The van der Waals surface area contributed by atoms with Crippen molar-refractivity contribution in [2.24, 2.45) is 7.05 Å². The van der Waals surface area contributed by atoms with Crippen LogP contribution in [-0.4, -0.2) is 22.2 Å². The summed E-state index contributed by atoms with van der Waals surface area (Å²) in [7, 11) is 1.85. The van der Waals surface area contributed by atoms with Crippen molar-refractivity contribution in [3.8, 4) is 0 Å². The number of nitrogens with zero attached hydrogens (tertiary/aromatic N) is 1. The third-order valence-electron chi connectivity index (χ3n) is 3.30. The summed E-state index contributed by atoms with van der Waals surface area (Å²) in [4.78, 5) is 12.2. The van der Waals surface area contributed by atoms with Crippen molar-refractivity contribution in [2.75, 3.05) is 6.61 Å². The van der Waals surface area contributed by atoms with Gasteiger partial charge in [0.1, 0.15) is 5.69 Å². The number of carbonyl (C=O) groups is 1. The molecular formula is C15H18N2O2. The third kappa shape index (κ3) is 2.85. The van der Waals surface area contributed by atoms with Crippen molar-refractivity contribution in [1.29, 1.82) is 0 Å². The number of carbonyl (C=O) groups excluding carboxylic acids is 1. The largest absolute Gasteiger partial charge is 0.394 e. The molecule has 0 aliphatic carbocycles. The number of nitrogens with one attached hydrogen (secondary N) is 1. The summed E-state index contributed by atoms with van der Waals surface area (Å²) in [6, 6.07) is 12.7. The van der Waals surface area contributed by atoms with Crippen molar-refractivity contribution in [1.82, 2.24) is 9.88 Å². The fourth-order valence-corrected chi connectivity index (χ4v) is 1.99. The number of aliphatic hydroxyl groups is 1. The van der Waals surface area contributed by atoms with Gasteiger partial charge >= 0.3 is 0 Å². The van der Waals surface area contributed by atoms with Gasteiger partial charge in [0.2, 0.25) is 0 Å². The van der Waals surface area contributed by atoms with Gasteiger partial charge in [0.25, 0.3) is 5.91 Å². The number of benzene rings is 1. The van der Waals surface area contributed by atoms with E-state index in [9.17, 15) is 9.90 Å². The summed E-state index contributed by atoms with van der Waals surface area (Å²) >= 11 is 0. The normalized spacial score (nSPS) is 12.2. The first-order valence-electron chi connectivity index (χ1n) is 6.22. The Morgan fingerprint density at radius 3 is 2.47 bits per heavy atom. The van der Waals surface area contributed by atoms with Crippen molar-refractivity contribution in [2.45, 2.75) is 13.0 Å². The van der Waals surface area contributed by atoms with Crippen LogP contribution in [0.5, 0.6) is 0 Å².